The summed E-state index contributed by atoms with van der Waals surface area (Å²) in [5.41, 5.74) is 1.17. The Bertz CT molecular complexity index is 1620. The van der Waals surface area contributed by atoms with E-state index in [1.165, 1.54) is 12.4 Å². The van der Waals surface area contributed by atoms with E-state index < -0.39 is 24.0 Å². The number of aromatic nitrogens is 6. The van der Waals surface area contributed by atoms with Crippen LogP contribution in [0.4, 0.5) is 26.3 Å². The molecule has 44 heavy (non-hydrogen) atoms. The van der Waals surface area contributed by atoms with Crippen molar-refractivity contribution in [3.8, 4) is 0 Å². The smallest absolute Gasteiger partial charge is 0.282 e. The van der Waals surface area contributed by atoms with Gasteiger partial charge in [-0.05, 0) is 35.6 Å². The molecule has 4 aromatic rings. The average molecular weight is 655 g/mol. The van der Waals surface area contributed by atoms with Gasteiger partial charge in [-0.2, -0.15) is 45.9 Å². The first-order valence-electron chi connectivity index (χ1n) is 13.1. The van der Waals surface area contributed by atoms with E-state index in [0.29, 0.717) is 46.7 Å². The summed E-state index contributed by atoms with van der Waals surface area (Å²) in [4.78, 5) is 3.65. The van der Waals surface area contributed by atoms with Gasteiger partial charge in [0.05, 0.1) is 25.8 Å². The van der Waals surface area contributed by atoms with Gasteiger partial charge >= 0.3 is 12.4 Å². The number of halogens is 6. The van der Waals surface area contributed by atoms with E-state index in [1.54, 1.807) is 60.7 Å². The minimum absolute atomic E-state index is 0.0376. The zero-order valence-corrected chi connectivity index (χ0v) is 24.4. The number of hydrogen-bond acceptors (Lipinski definition) is 8. The molecular formula is C26H24F6N10S2. The minimum atomic E-state index is -4.80. The first-order valence-corrected chi connectivity index (χ1v) is 13.9. The Balaban J connectivity index is 1.27. The zero-order chi connectivity index (χ0) is 31.5. The Hall–Kier alpha value is -4.00. The van der Waals surface area contributed by atoms with Crippen molar-refractivity contribution >= 4 is 36.9 Å². The molecule has 232 valence electrons. The summed E-state index contributed by atoms with van der Waals surface area (Å²) in [7, 11) is 0. The lowest BCUT2D eigenvalue weighted by molar-refractivity contribution is -0.148. The van der Waals surface area contributed by atoms with Crippen molar-refractivity contribution < 1.29 is 26.3 Å². The van der Waals surface area contributed by atoms with E-state index in [1.807, 2.05) is 9.80 Å². The number of piperazine rings is 1. The van der Waals surface area contributed by atoms with Crippen molar-refractivity contribution in [3.63, 3.8) is 0 Å². The number of alkyl halides is 6. The van der Waals surface area contributed by atoms with Gasteiger partial charge in [-0.15, -0.1) is 10.2 Å². The molecule has 0 radical (unpaired) electrons. The van der Waals surface area contributed by atoms with Gasteiger partial charge in [-0.1, -0.05) is 60.7 Å². The predicted molar refractivity (Wildman–Crippen MR) is 154 cm³/mol. The highest BCUT2D eigenvalue weighted by Gasteiger charge is 2.40. The molecule has 1 aliphatic rings. The predicted octanol–water partition coefficient (Wildman–Crippen LogP) is 5.18. The Labute approximate surface area is 256 Å². The summed E-state index contributed by atoms with van der Waals surface area (Å²) in [6.45, 7) is 1.41. The summed E-state index contributed by atoms with van der Waals surface area (Å²) in [6, 6.07) is 17.2. The molecule has 2 aromatic carbocycles. The van der Waals surface area contributed by atoms with Gasteiger partial charge in [0.2, 0.25) is 9.54 Å². The third kappa shape index (κ3) is 7.37. The molecule has 1 fully saturated rings. The van der Waals surface area contributed by atoms with E-state index in [0.717, 1.165) is 9.36 Å². The maximum atomic E-state index is 13.7. The highest BCUT2D eigenvalue weighted by atomic mass is 32.1. The van der Waals surface area contributed by atoms with Crippen molar-refractivity contribution in [2.24, 2.45) is 10.2 Å². The highest BCUT2D eigenvalue weighted by Crippen LogP contribution is 2.29. The molecule has 0 aliphatic carbocycles. The number of benzene rings is 2. The first kappa shape index (κ1) is 31.4. The lowest BCUT2D eigenvalue weighted by Crippen LogP contribution is -2.47. The molecule has 0 saturated carbocycles. The van der Waals surface area contributed by atoms with Gasteiger partial charge in [0.15, 0.2) is 0 Å². The molecule has 0 spiro atoms. The molecule has 2 aromatic heterocycles. The van der Waals surface area contributed by atoms with Crippen molar-refractivity contribution in [1.82, 2.24) is 38.7 Å². The van der Waals surface area contributed by atoms with Crippen LogP contribution in [0.1, 0.15) is 22.8 Å². The van der Waals surface area contributed by atoms with Crippen molar-refractivity contribution in [2.75, 3.05) is 26.2 Å². The van der Waals surface area contributed by atoms with Gasteiger partial charge in [-0.25, -0.2) is 9.36 Å². The van der Waals surface area contributed by atoms with Crippen molar-refractivity contribution in [3.05, 3.63) is 93.0 Å². The fourth-order valence-corrected chi connectivity index (χ4v) is 4.79. The summed E-state index contributed by atoms with van der Waals surface area (Å²) in [5.74, 6) is -2.51. The van der Waals surface area contributed by atoms with Crippen LogP contribution in [0.2, 0.25) is 0 Å². The molecule has 10 nitrogen and oxygen atoms in total. The van der Waals surface area contributed by atoms with Gasteiger partial charge < -0.3 is 0 Å². The molecular weight excluding hydrogens is 630 g/mol. The van der Waals surface area contributed by atoms with Crippen LogP contribution < -0.4 is 0 Å². The number of rotatable bonds is 8. The first-order chi connectivity index (χ1) is 20.9. The molecule has 18 heteroatoms. The highest BCUT2D eigenvalue weighted by molar-refractivity contribution is 7.71. The van der Waals surface area contributed by atoms with Gasteiger partial charge in [0.1, 0.15) is 0 Å². The third-order valence-corrected chi connectivity index (χ3v) is 7.29. The second kappa shape index (κ2) is 12.9. The number of nitrogens with zero attached hydrogens (tertiary/aromatic N) is 10. The van der Waals surface area contributed by atoms with E-state index >= 15 is 0 Å². The molecule has 0 amide bonds. The van der Waals surface area contributed by atoms with Crippen molar-refractivity contribution in [1.29, 1.82) is 0 Å². The molecule has 1 aliphatic heterocycles. The Morgan fingerprint density at radius 2 is 0.955 bits per heavy atom. The molecule has 0 atom stereocenters. The molecule has 1 saturated heterocycles. The molecule has 0 unspecified atom stereocenters. The lowest BCUT2D eigenvalue weighted by atomic mass is 10.2. The van der Waals surface area contributed by atoms with E-state index in [4.69, 9.17) is 24.4 Å². The topological polar surface area (TPSA) is 76.7 Å². The van der Waals surface area contributed by atoms with Crippen molar-refractivity contribution in [2.45, 2.75) is 25.7 Å². The van der Waals surface area contributed by atoms with Gasteiger partial charge in [-0.3, -0.25) is 9.80 Å². The monoisotopic (exact) mass is 654 g/mol. The molecule has 0 bridgehead atoms. The Morgan fingerprint density at radius 3 is 1.27 bits per heavy atom. The molecule has 5 rings (SSSR count). The average Bonchev–Trinajstić information content (AvgIpc) is 3.48. The summed E-state index contributed by atoms with van der Waals surface area (Å²) < 4.78 is 85.2. The fourth-order valence-electron chi connectivity index (χ4n) is 4.32. The Kier molecular flexibility index (Phi) is 9.23. The molecule has 3 heterocycles. The third-order valence-electron chi connectivity index (χ3n) is 6.52. The normalized spacial score (nSPS) is 15.6. The van der Waals surface area contributed by atoms with Crippen LogP contribution in [0.3, 0.4) is 0 Å². The van der Waals surface area contributed by atoms with Crippen LogP contribution in [0.5, 0.6) is 0 Å². The SMILES string of the molecule is FC(F)(F)c1nn(CN2CCN(Cn3nc(C(F)(F)F)n(/N=C/c4ccccc4)c3=S)CC2)c(=S)n1/N=C/c1ccccc1. The fraction of sp³-hybridized carbons (Fsp3) is 0.308. The van der Waals surface area contributed by atoms with Crippen LogP contribution in [0, 0.1) is 9.54 Å². The summed E-state index contributed by atoms with van der Waals surface area (Å²) >= 11 is 10.5. The summed E-state index contributed by atoms with van der Waals surface area (Å²) in [6.07, 6.45) is -7.07. The van der Waals surface area contributed by atoms with Crippen LogP contribution in [-0.2, 0) is 25.7 Å². The maximum absolute atomic E-state index is 13.7. The van der Waals surface area contributed by atoms with E-state index in [9.17, 15) is 26.3 Å². The zero-order valence-electron chi connectivity index (χ0n) is 22.7. The standard InChI is InChI=1S/C26H24F6N10S2/c27-25(28,29)21-35-39(23(43)41(21)33-15-19-7-3-1-4-8-19)17-37-11-13-38(14-12-37)18-40-24(44)42(22(36-40)26(30,31)32)34-16-20-9-5-2-6-10-20/h1-10,15-16H,11-14,17-18H2/b33-15+,34-16+. The van der Waals surface area contributed by atoms with Crippen LogP contribution in [0.15, 0.2) is 70.9 Å². The second-order valence-corrected chi connectivity index (χ2v) is 10.4. The summed E-state index contributed by atoms with van der Waals surface area (Å²) in [5, 5.41) is 15.2. The Morgan fingerprint density at radius 1 is 0.614 bits per heavy atom. The number of hydrogen-bond donors (Lipinski definition) is 0. The largest absolute Gasteiger partial charge is 0.453 e. The van der Waals surface area contributed by atoms with Crippen LogP contribution in [0.25, 0.3) is 0 Å². The quantitative estimate of drug-likeness (QED) is 0.148. The van der Waals surface area contributed by atoms with E-state index in [2.05, 4.69) is 20.4 Å². The van der Waals surface area contributed by atoms with Crippen LogP contribution >= 0.6 is 24.4 Å². The maximum Gasteiger partial charge on any atom is 0.453 e. The van der Waals surface area contributed by atoms with Gasteiger partial charge in [0, 0.05) is 26.2 Å². The lowest BCUT2D eigenvalue weighted by Gasteiger charge is -2.34. The second-order valence-electron chi connectivity index (χ2n) is 9.66. The van der Waals surface area contributed by atoms with E-state index in [-0.39, 0.29) is 22.9 Å². The minimum Gasteiger partial charge on any atom is -0.282 e. The van der Waals surface area contributed by atoms with Gasteiger partial charge in [0.25, 0.3) is 11.6 Å². The van der Waals surface area contributed by atoms with Crippen LogP contribution in [-0.4, -0.2) is 77.3 Å². The molecule has 0 N–H and O–H groups in total.